The number of benzene rings is 1. The summed E-state index contributed by atoms with van der Waals surface area (Å²) in [5, 5.41) is 0.670. The predicted molar refractivity (Wildman–Crippen MR) is 94.5 cm³/mol. The number of hydrogen-bond donors (Lipinski definition) is 1. The molecule has 3 rings (SSSR count). The average Bonchev–Trinajstić information content (AvgIpc) is 2.93. The van der Waals surface area contributed by atoms with Gasteiger partial charge >= 0.3 is 5.97 Å². The van der Waals surface area contributed by atoms with Gasteiger partial charge in [0, 0.05) is 29.8 Å². The first-order chi connectivity index (χ1) is 12.0. The molecule has 0 spiro atoms. The average molecular weight is 362 g/mol. The molecular weight excluding hydrogens is 342 g/mol. The molecule has 0 saturated carbocycles. The Bertz CT molecular complexity index is 795. The van der Waals surface area contributed by atoms with Crippen LogP contribution in [0.1, 0.15) is 50.0 Å². The number of ketones is 1. The van der Waals surface area contributed by atoms with Crippen LogP contribution < -0.4 is 0 Å². The van der Waals surface area contributed by atoms with Crippen molar-refractivity contribution in [3.05, 3.63) is 57.4 Å². The van der Waals surface area contributed by atoms with Crippen molar-refractivity contribution in [3.63, 3.8) is 0 Å². The lowest BCUT2D eigenvalue weighted by Gasteiger charge is -2.22. The number of aromatic nitrogens is 1. The van der Waals surface area contributed by atoms with Crippen LogP contribution in [0, 0.1) is 6.92 Å². The number of hydrogen-bond acceptors (Lipinski definition) is 4. The van der Waals surface area contributed by atoms with Crippen molar-refractivity contribution in [1.29, 1.82) is 0 Å². The number of ether oxygens (including phenoxy) is 2. The first-order valence-corrected chi connectivity index (χ1v) is 8.55. The van der Waals surface area contributed by atoms with E-state index in [-0.39, 0.29) is 18.3 Å². The molecule has 1 aliphatic rings. The zero-order valence-electron chi connectivity index (χ0n) is 14.2. The molecule has 0 amide bonds. The van der Waals surface area contributed by atoms with Gasteiger partial charge in [0.1, 0.15) is 12.3 Å². The lowest BCUT2D eigenvalue weighted by molar-refractivity contribution is 0.0381. The van der Waals surface area contributed by atoms with Crippen LogP contribution in [0.2, 0.25) is 5.02 Å². The minimum Gasteiger partial charge on any atom is -0.459 e. The van der Waals surface area contributed by atoms with Crippen molar-refractivity contribution < 1.29 is 19.1 Å². The topological polar surface area (TPSA) is 68.4 Å². The van der Waals surface area contributed by atoms with Crippen molar-refractivity contribution >= 4 is 23.4 Å². The largest absolute Gasteiger partial charge is 0.459 e. The van der Waals surface area contributed by atoms with Crippen LogP contribution >= 0.6 is 11.6 Å². The summed E-state index contributed by atoms with van der Waals surface area (Å²) < 4.78 is 10.0. The molecule has 25 heavy (non-hydrogen) atoms. The van der Waals surface area contributed by atoms with Gasteiger partial charge < -0.3 is 14.5 Å². The van der Waals surface area contributed by atoms with E-state index >= 15 is 0 Å². The summed E-state index contributed by atoms with van der Waals surface area (Å²) in [7, 11) is 1.54. The molecule has 0 saturated heterocycles. The highest BCUT2D eigenvalue weighted by Crippen LogP contribution is 2.35. The molecule has 5 nitrogen and oxygen atoms in total. The molecule has 0 unspecified atom stereocenters. The maximum Gasteiger partial charge on any atom is 0.355 e. The van der Waals surface area contributed by atoms with Gasteiger partial charge in [0.15, 0.2) is 5.78 Å². The summed E-state index contributed by atoms with van der Waals surface area (Å²) in [5.74, 6) is -0.335. The van der Waals surface area contributed by atoms with Crippen LogP contribution in [0.25, 0.3) is 0 Å². The number of fused-ring (bicyclic) bond motifs is 1. The van der Waals surface area contributed by atoms with Crippen molar-refractivity contribution in [2.24, 2.45) is 0 Å². The van der Waals surface area contributed by atoms with Crippen molar-refractivity contribution in [2.45, 2.75) is 25.7 Å². The maximum atomic E-state index is 12.6. The quantitative estimate of drug-likeness (QED) is 0.651. The van der Waals surface area contributed by atoms with Crippen molar-refractivity contribution in [2.75, 3.05) is 20.3 Å². The van der Waals surface area contributed by atoms with Gasteiger partial charge in [-0.25, -0.2) is 4.79 Å². The number of halogens is 1. The zero-order valence-corrected chi connectivity index (χ0v) is 15.0. The first-order valence-electron chi connectivity index (χ1n) is 8.17. The highest BCUT2D eigenvalue weighted by molar-refractivity contribution is 6.30. The Morgan fingerprint density at radius 1 is 1.24 bits per heavy atom. The number of rotatable bonds is 5. The molecule has 1 aliphatic carbocycles. The Labute approximate surface area is 151 Å². The Morgan fingerprint density at radius 2 is 1.96 bits per heavy atom. The van der Waals surface area contributed by atoms with E-state index in [2.05, 4.69) is 4.98 Å². The van der Waals surface area contributed by atoms with Crippen LogP contribution in [-0.4, -0.2) is 37.1 Å². The van der Waals surface area contributed by atoms with Gasteiger partial charge in [-0.05, 0) is 42.5 Å². The van der Waals surface area contributed by atoms with Crippen molar-refractivity contribution in [3.8, 4) is 0 Å². The predicted octanol–water partition coefficient (Wildman–Crippen LogP) is 3.69. The molecule has 1 aromatic carbocycles. The third-order valence-electron chi connectivity index (χ3n) is 4.55. The summed E-state index contributed by atoms with van der Waals surface area (Å²) in [5.41, 5.74) is 3.51. The number of esters is 1. The molecule has 0 fully saturated rings. The third-order valence-corrected chi connectivity index (χ3v) is 4.81. The minimum absolute atomic E-state index is 0.0471. The fourth-order valence-corrected chi connectivity index (χ4v) is 3.42. The van der Waals surface area contributed by atoms with Crippen LogP contribution in [-0.2, 0) is 15.9 Å². The molecule has 1 atom stereocenters. The van der Waals surface area contributed by atoms with Gasteiger partial charge in [0.2, 0.25) is 0 Å². The molecule has 0 bridgehead atoms. The van der Waals surface area contributed by atoms with Gasteiger partial charge in [0.25, 0.3) is 0 Å². The number of nitrogens with one attached hydrogen (secondary N) is 1. The SMILES string of the molecule is COCCOC(=O)c1[nH]c2c(c1C)C(=O)C[C@H](c1ccc(Cl)cc1)C2. The normalized spacial score (nSPS) is 16.6. The first kappa shape index (κ1) is 17.7. The Kier molecular flexibility index (Phi) is 5.25. The molecule has 0 radical (unpaired) electrons. The van der Waals surface area contributed by atoms with E-state index in [0.717, 1.165) is 11.3 Å². The lowest BCUT2D eigenvalue weighted by Crippen LogP contribution is -2.18. The molecule has 1 heterocycles. The van der Waals surface area contributed by atoms with Gasteiger partial charge in [-0.15, -0.1) is 0 Å². The highest BCUT2D eigenvalue weighted by atomic mass is 35.5. The van der Waals surface area contributed by atoms with Crippen molar-refractivity contribution in [1.82, 2.24) is 4.98 Å². The highest BCUT2D eigenvalue weighted by Gasteiger charge is 2.32. The van der Waals surface area contributed by atoms with Crippen LogP contribution in [0.15, 0.2) is 24.3 Å². The minimum atomic E-state index is -0.459. The van der Waals surface area contributed by atoms with E-state index in [9.17, 15) is 9.59 Å². The Hall–Kier alpha value is -2.11. The van der Waals surface area contributed by atoms with E-state index in [0.29, 0.717) is 41.3 Å². The summed E-state index contributed by atoms with van der Waals surface area (Å²) in [6.45, 7) is 2.30. The number of aromatic amines is 1. The standard InChI is InChI=1S/C19H20ClNO4/c1-11-17-15(21-18(11)19(23)25-8-7-24-2)9-13(10-16(17)22)12-3-5-14(20)6-4-12/h3-6,13,21H,7-10H2,1-2H3/t13-/m1/s1. The maximum absolute atomic E-state index is 12.6. The van der Waals surface area contributed by atoms with E-state index in [1.54, 1.807) is 14.0 Å². The van der Waals surface area contributed by atoms with Crippen LogP contribution in [0.3, 0.4) is 0 Å². The van der Waals surface area contributed by atoms with Crippen LogP contribution in [0.5, 0.6) is 0 Å². The number of carbonyl (C=O) groups is 2. The molecule has 0 aliphatic heterocycles. The fourth-order valence-electron chi connectivity index (χ4n) is 3.30. The summed E-state index contributed by atoms with van der Waals surface area (Å²) in [6, 6.07) is 7.55. The molecule has 6 heteroatoms. The zero-order chi connectivity index (χ0) is 18.0. The molecule has 2 aromatic rings. The fraction of sp³-hybridized carbons (Fsp3) is 0.368. The van der Waals surface area contributed by atoms with E-state index < -0.39 is 5.97 Å². The monoisotopic (exact) mass is 361 g/mol. The number of H-pyrrole nitrogens is 1. The molecule has 132 valence electrons. The molecular formula is C19H20ClNO4. The second kappa shape index (κ2) is 7.42. The Balaban J connectivity index is 1.84. The van der Waals surface area contributed by atoms with Crippen LogP contribution in [0.4, 0.5) is 0 Å². The third kappa shape index (κ3) is 3.62. The van der Waals surface area contributed by atoms with E-state index in [4.69, 9.17) is 21.1 Å². The number of Topliss-reactive ketones (excluding diaryl/α,β-unsaturated/α-hetero) is 1. The Morgan fingerprint density at radius 3 is 2.64 bits per heavy atom. The second-order valence-electron chi connectivity index (χ2n) is 6.19. The number of carbonyl (C=O) groups excluding carboxylic acids is 2. The smallest absolute Gasteiger partial charge is 0.355 e. The van der Waals surface area contributed by atoms with Gasteiger partial charge in [-0.2, -0.15) is 0 Å². The summed E-state index contributed by atoms with van der Waals surface area (Å²) in [6.07, 6.45) is 1.10. The number of methoxy groups -OCH3 is 1. The second-order valence-corrected chi connectivity index (χ2v) is 6.62. The van der Waals surface area contributed by atoms with E-state index in [1.165, 1.54) is 0 Å². The van der Waals surface area contributed by atoms with Gasteiger partial charge in [-0.1, -0.05) is 23.7 Å². The summed E-state index contributed by atoms with van der Waals surface area (Å²) in [4.78, 5) is 28.0. The lowest BCUT2D eigenvalue weighted by atomic mass is 9.81. The molecule has 1 aromatic heterocycles. The van der Waals surface area contributed by atoms with Gasteiger partial charge in [-0.3, -0.25) is 4.79 Å². The van der Waals surface area contributed by atoms with E-state index in [1.807, 2.05) is 24.3 Å². The van der Waals surface area contributed by atoms with Gasteiger partial charge in [0.05, 0.1) is 6.61 Å². The molecule has 1 N–H and O–H groups in total. The summed E-state index contributed by atoms with van der Waals surface area (Å²) >= 11 is 5.94.